The first-order chi connectivity index (χ1) is 24.1. The van der Waals surface area contributed by atoms with Crippen molar-refractivity contribution in [2.75, 3.05) is 0 Å². The van der Waals surface area contributed by atoms with E-state index in [9.17, 15) is 122 Å². The molecule has 0 fully saturated rings. The topological polar surface area (TPSA) is 120 Å². The number of ketones is 3. The molecule has 0 N–H and O–H groups in total. The van der Waals surface area contributed by atoms with Gasteiger partial charge in [0.15, 0.2) is 0 Å². The van der Waals surface area contributed by atoms with E-state index in [4.69, 9.17) is 0 Å². The molecule has 1 radical (unpaired) electrons. The van der Waals surface area contributed by atoms with Gasteiger partial charge in [-0.1, -0.05) is 62.3 Å². The van der Waals surface area contributed by atoms with E-state index in [0.717, 1.165) is 0 Å². The van der Waals surface area contributed by atoms with Crippen molar-refractivity contribution in [2.24, 2.45) is 16.2 Å². The van der Waals surface area contributed by atoms with Crippen molar-refractivity contribution < 1.29 is 169 Å². The summed E-state index contributed by atoms with van der Waals surface area (Å²) in [7, 11) is 0. The molecule has 0 aromatic rings. The van der Waals surface area contributed by atoms with E-state index in [0.29, 0.717) is 0 Å². The molecule has 0 saturated carbocycles. The molecule has 0 rings (SSSR count). The van der Waals surface area contributed by atoms with E-state index >= 15 is 0 Å². The summed E-state index contributed by atoms with van der Waals surface area (Å²) in [6.45, 7) is 10.6. The number of halogens is 21. The van der Waals surface area contributed by atoms with Crippen molar-refractivity contribution in [1.82, 2.24) is 0 Å². The molecule has 0 spiro atoms. The molecular weight excluding hydrogens is 1030 g/mol. The Kier molecular flexibility index (Phi) is 20.6. The van der Waals surface area contributed by atoms with Gasteiger partial charge in [0.1, 0.15) is 0 Å². The van der Waals surface area contributed by atoms with Gasteiger partial charge in [0, 0.05) is 0 Å². The van der Waals surface area contributed by atoms with E-state index < -0.39 is 123 Å². The van der Waals surface area contributed by atoms with E-state index in [1.165, 1.54) is 62.3 Å². The Morgan fingerprint density at radius 1 is 0.328 bits per heavy atom. The third-order valence-corrected chi connectivity index (χ3v) is 6.18. The zero-order chi connectivity index (χ0) is 47.6. The van der Waals surface area contributed by atoms with Gasteiger partial charge in [-0.3, -0.25) is 14.4 Å². The monoisotopic (exact) mass is 1060 g/mol. The number of allylic oxidation sites excluding steroid dienone is 6. The van der Waals surface area contributed by atoms with Gasteiger partial charge < -0.3 is 15.3 Å². The molecule has 0 aromatic carbocycles. The summed E-state index contributed by atoms with van der Waals surface area (Å²) in [6.07, 6.45) is -21.1. The van der Waals surface area contributed by atoms with Gasteiger partial charge in [-0.25, -0.2) is 0 Å². The predicted octanol–water partition coefficient (Wildman–Crippen LogP) is 8.04. The van der Waals surface area contributed by atoms with Crippen molar-refractivity contribution in [3.05, 3.63) is 35.5 Å². The third kappa shape index (κ3) is 15.0. The van der Waals surface area contributed by atoms with Crippen LogP contribution in [0.3, 0.4) is 0 Å². The average Bonchev–Trinajstić information content (AvgIpc) is 2.93. The average molecular weight is 1060 g/mol. The van der Waals surface area contributed by atoms with Gasteiger partial charge in [-0.15, -0.1) is 17.3 Å². The van der Waals surface area contributed by atoms with Crippen LogP contribution in [0.5, 0.6) is 0 Å². The minimum atomic E-state index is -6.61. The summed E-state index contributed by atoms with van der Waals surface area (Å²) in [6, 6.07) is 0. The van der Waals surface area contributed by atoms with Crippen molar-refractivity contribution in [1.29, 1.82) is 0 Å². The molecule has 0 unspecified atom stereocenters. The molecule has 0 aliphatic carbocycles. The van der Waals surface area contributed by atoms with Crippen LogP contribution in [-0.2, 0) is 14.4 Å². The van der Waals surface area contributed by atoms with E-state index in [2.05, 4.69) is 0 Å². The fourth-order valence-corrected chi connectivity index (χ4v) is 2.28. The maximum atomic E-state index is 12.8. The second-order valence-electron chi connectivity index (χ2n) is 14.3. The standard InChI is InChI=1S/3C10H11F7O2.Yb/c3*1-7(2,3)5(18)4-6(19)8(11,12)9(13,14)10(15,16)17;/h3*4,18H,1-3H3;/q;;;+3/p-3. The normalized spacial score (nSPS) is 15.3. The van der Waals surface area contributed by atoms with Crippen molar-refractivity contribution >= 4 is 17.3 Å². The summed E-state index contributed by atoms with van der Waals surface area (Å²) in [5, 5.41) is 33.5. The van der Waals surface area contributed by atoms with Crippen LogP contribution in [-0.4, -0.2) is 71.4 Å². The van der Waals surface area contributed by atoms with Crippen molar-refractivity contribution in [3.8, 4) is 0 Å². The Morgan fingerprint density at radius 2 is 0.448 bits per heavy atom. The van der Waals surface area contributed by atoms with E-state index in [1.54, 1.807) is 0 Å². The van der Waals surface area contributed by atoms with Gasteiger partial charge in [0.05, 0.1) is 0 Å². The minimum Gasteiger partial charge on any atom is -0.875 e. The second kappa shape index (κ2) is 19.2. The number of carbonyl (C=O) groups excluding carboxylic acids is 3. The van der Waals surface area contributed by atoms with E-state index in [1.807, 2.05) is 0 Å². The Bertz CT molecular complexity index is 1350. The summed E-state index contributed by atoms with van der Waals surface area (Å²) in [4.78, 5) is 32.4. The van der Waals surface area contributed by atoms with Gasteiger partial charge in [0.25, 0.3) is 0 Å². The first-order valence-corrected chi connectivity index (χ1v) is 14.4. The fraction of sp³-hybridized carbons (Fsp3) is 0.700. The maximum absolute atomic E-state index is 12.8. The van der Waals surface area contributed by atoms with Crippen molar-refractivity contribution in [3.63, 3.8) is 0 Å². The maximum Gasteiger partial charge on any atom is 3.00 e. The van der Waals surface area contributed by atoms with Gasteiger partial charge in [-0.2, -0.15) is 92.2 Å². The Balaban J connectivity index is -0.000000374. The number of rotatable bonds is 9. The molecule has 6 nitrogen and oxygen atoms in total. The van der Waals surface area contributed by atoms with E-state index in [-0.39, 0.29) is 46.9 Å². The summed E-state index contributed by atoms with van der Waals surface area (Å²) in [5.74, 6) is -50.2. The summed E-state index contributed by atoms with van der Waals surface area (Å²) >= 11 is 0. The number of hydrogen-bond donors (Lipinski definition) is 0. The molecule has 0 saturated heterocycles. The molecular formula is C30H30F21O6Yb. The third-order valence-electron chi connectivity index (χ3n) is 6.18. The molecule has 0 aliphatic heterocycles. The van der Waals surface area contributed by atoms with Gasteiger partial charge in [-0.05, 0) is 34.5 Å². The van der Waals surface area contributed by atoms with Crippen LogP contribution in [0.1, 0.15) is 62.3 Å². The quantitative estimate of drug-likeness (QED) is 0.131. The largest absolute Gasteiger partial charge is 3.00 e. The first kappa shape index (κ1) is 62.3. The summed E-state index contributed by atoms with van der Waals surface area (Å²) < 4.78 is 258. The number of hydrogen-bond acceptors (Lipinski definition) is 6. The van der Waals surface area contributed by atoms with Crippen LogP contribution in [0.25, 0.3) is 0 Å². The smallest absolute Gasteiger partial charge is 0.875 e. The molecule has 0 atom stereocenters. The molecule has 0 aromatic heterocycles. The Labute approximate surface area is 352 Å². The SMILES string of the molecule is CC(C)(C)C([O-])=CC(=O)C(F)(F)C(F)(F)C(F)(F)F.CC(C)(C)C([O-])=CC(=O)C(F)(F)C(F)(F)C(F)(F)F.CC(C)(C)C([O-])=CC(=O)C(F)(F)C(F)(F)C(F)(F)F.[Yb+3]. The molecule has 58 heavy (non-hydrogen) atoms. The first-order valence-electron chi connectivity index (χ1n) is 14.4. The zero-order valence-electron chi connectivity index (χ0n) is 30.4. The molecule has 0 amide bonds. The van der Waals surface area contributed by atoms with Gasteiger partial charge >= 0.3 is 101 Å². The second-order valence-corrected chi connectivity index (χ2v) is 14.3. The van der Waals surface area contributed by atoms with Crippen LogP contribution in [0.2, 0.25) is 0 Å². The molecule has 0 aliphatic rings. The van der Waals surface area contributed by atoms with Gasteiger partial charge in [0.2, 0.25) is 17.3 Å². The minimum absolute atomic E-state index is 0. The van der Waals surface area contributed by atoms with Crippen LogP contribution < -0.4 is 15.3 Å². The van der Waals surface area contributed by atoms with Crippen LogP contribution in [0.15, 0.2) is 35.5 Å². The number of carbonyl (C=O) groups is 3. The zero-order valence-corrected chi connectivity index (χ0v) is 32.1. The molecule has 0 bridgehead atoms. The molecule has 347 valence electrons. The predicted molar refractivity (Wildman–Crippen MR) is 145 cm³/mol. The molecule has 0 heterocycles. The van der Waals surface area contributed by atoms with Crippen LogP contribution >= 0.6 is 0 Å². The Hall–Kier alpha value is -2.32. The fourth-order valence-electron chi connectivity index (χ4n) is 2.28. The number of alkyl halides is 21. The van der Waals surface area contributed by atoms with Crippen LogP contribution in [0, 0.1) is 63.2 Å². The van der Waals surface area contributed by atoms with Crippen LogP contribution in [0.4, 0.5) is 92.2 Å². The van der Waals surface area contributed by atoms with Crippen molar-refractivity contribution in [2.45, 2.75) is 116 Å². The molecule has 28 heteroatoms. The summed E-state index contributed by atoms with van der Waals surface area (Å²) in [5.41, 5.74) is -4.09. The Morgan fingerprint density at radius 3 is 0.534 bits per heavy atom.